The maximum absolute atomic E-state index is 12.3. The van der Waals surface area contributed by atoms with Crippen LogP contribution in [0.5, 0.6) is 0 Å². The van der Waals surface area contributed by atoms with E-state index in [2.05, 4.69) is 26.9 Å². The third-order valence-electron chi connectivity index (χ3n) is 3.43. The van der Waals surface area contributed by atoms with Crippen LogP contribution in [0, 0.1) is 0 Å². The van der Waals surface area contributed by atoms with Gasteiger partial charge in [-0.05, 0) is 43.2 Å². The first-order valence-corrected chi connectivity index (χ1v) is 10.1. The van der Waals surface area contributed by atoms with E-state index < -0.39 is 10.0 Å². The Bertz CT molecular complexity index is 516. The Morgan fingerprint density at radius 1 is 1.32 bits per heavy atom. The lowest BCUT2D eigenvalue weighted by Crippen LogP contribution is -2.33. The molecule has 1 aromatic carbocycles. The molecule has 0 radical (unpaired) electrons. The van der Waals surface area contributed by atoms with E-state index in [1.165, 1.54) is 0 Å². The molecule has 0 amide bonds. The number of sulfonamides is 1. The first kappa shape index (κ1) is 15.4. The monoisotopic (exact) mass is 363 g/mol. The molecule has 19 heavy (non-hydrogen) atoms. The van der Waals surface area contributed by atoms with E-state index in [0.717, 1.165) is 30.2 Å². The summed E-state index contributed by atoms with van der Waals surface area (Å²) < 4.78 is 27.3. The minimum absolute atomic E-state index is 0.0818. The average molecular weight is 364 g/mol. The Morgan fingerprint density at radius 3 is 2.53 bits per heavy atom. The largest absolute Gasteiger partial charge is 0.240 e. The zero-order valence-corrected chi connectivity index (χ0v) is 14.0. The van der Waals surface area contributed by atoms with Gasteiger partial charge in [0, 0.05) is 16.6 Å². The molecule has 1 aliphatic rings. The summed E-state index contributed by atoms with van der Waals surface area (Å²) in [5.74, 6) is 0. The second-order valence-electron chi connectivity index (χ2n) is 4.77. The van der Waals surface area contributed by atoms with E-state index in [9.17, 15) is 8.42 Å². The van der Waals surface area contributed by atoms with Gasteiger partial charge in [-0.1, -0.05) is 28.1 Å². The molecule has 0 spiro atoms. The van der Waals surface area contributed by atoms with Gasteiger partial charge in [0.25, 0.3) is 0 Å². The van der Waals surface area contributed by atoms with E-state index in [1.807, 2.05) is 23.9 Å². The van der Waals surface area contributed by atoms with Crippen molar-refractivity contribution in [2.24, 2.45) is 0 Å². The fourth-order valence-electron chi connectivity index (χ4n) is 2.31. The van der Waals surface area contributed by atoms with Crippen molar-refractivity contribution in [1.29, 1.82) is 0 Å². The number of hydrogen-bond donors (Lipinski definition) is 1. The summed E-state index contributed by atoms with van der Waals surface area (Å²) in [6.07, 6.45) is 5.04. The molecule has 2 unspecified atom stereocenters. The van der Waals surface area contributed by atoms with Crippen molar-refractivity contribution < 1.29 is 8.42 Å². The SMILES string of the molecule is CSC1CCC(NS(=O)(=O)c2ccc(CBr)cc2)C1. The van der Waals surface area contributed by atoms with Gasteiger partial charge in [0.05, 0.1) is 4.90 Å². The molecule has 0 heterocycles. The van der Waals surface area contributed by atoms with Gasteiger partial charge in [-0.15, -0.1) is 0 Å². The van der Waals surface area contributed by atoms with Crippen LogP contribution in [0.2, 0.25) is 0 Å². The minimum Gasteiger partial charge on any atom is -0.208 e. The van der Waals surface area contributed by atoms with Crippen molar-refractivity contribution in [3.63, 3.8) is 0 Å². The molecule has 1 fully saturated rings. The molecule has 0 aliphatic heterocycles. The molecule has 0 aromatic heterocycles. The van der Waals surface area contributed by atoms with Gasteiger partial charge >= 0.3 is 0 Å². The molecule has 1 aromatic rings. The molecule has 3 nitrogen and oxygen atoms in total. The molecule has 1 aliphatic carbocycles. The maximum atomic E-state index is 12.3. The van der Waals surface area contributed by atoms with E-state index in [1.54, 1.807) is 12.1 Å². The summed E-state index contributed by atoms with van der Waals surface area (Å²) >= 11 is 5.17. The fraction of sp³-hybridized carbons (Fsp3) is 0.538. The first-order valence-electron chi connectivity index (χ1n) is 6.25. The second kappa shape index (κ2) is 6.61. The first-order chi connectivity index (χ1) is 9.05. The van der Waals surface area contributed by atoms with Crippen molar-refractivity contribution in [2.45, 2.75) is 40.8 Å². The highest BCUT2D eigenvalue weighted by Crippen LogP contribution is 2.29. The van der Waals surface area contributed by atoms with Crippen molar-refractivity contribution in [3.8, 4) is 0 Å². The second-order valence-corrected chi connectivity index (χ2v) is 8.18. The van der Waals surface area contributed by atoms with Crippen LogP contribution in [0.1, 0.15) is 24.8 Å². The van der Waals surface area contributed by atoms with Gasteiger partial charge in [-0.2, -0.15) is 11.8 Å². The normalized spacial score (nSPS) is 23.7. The Labute approximate surface area is 127 Å². The van der Waals surface area contributed by atoms with Gasteiger partial charge in [0.15, 0.2) is 0 Å². The number of hydrogen-bond acceptors (Lipinski definition) is 3. The third kappa shape index (κ3) is 3.97. The lowest BCUT2D eigenvalue weighted by molar-refractivity contribution is 0.552. The zero-order valence-electron chi connectivity index (χ0n) is 10.8. The maximum Gasteiger partial charge on any atom is 0.240 e. The number of nitrogens with one attached hydrogen (secondary N) is 1. The van der Waals surface area contributed by atoms with Crippen LogP contribution >= 0.6 is 27.7 Å². The number of halogens is 1. The van der Waals surface area contributed by atoms with Crippen molar-refractivity contribution in [2.75, 3.05) is 6.26 Å². The van der Waals surface area contributed by atoms with Crippen molar-refractivity contribution >= 4 is 37.7 Å². The van der Waals surface area contributed by atoms with Crippen LogP contribution in [0.4, 0.5) is 0 Å². The van der Waals surface area contributed by atoms with Gasteiger partial charge in [-0.3, -0.25) is 0 Å². The van der Waals surface area contributed by atoms with Crippen LogP contribution in [-0.4, -0.2) is 26.0 Å². The predicted octanol–water partition coefficient (Wildman–Crippen LogP) is 3.14. The van der Waals surface area contributed by atoms with E-state index in [4.69, 9.17) is 0 Å². The third-order valence-corrected chi connectivity index (χ3v) is 6.71. The van der Waals surface area contributed by atoms with Crippen LogP contribution in [-0.2, 0) is 15.4 Å². The molecule has 6 heteroatoms. The molecular weight excluding hydrogens is 346 g/mol. The molecule has 2 atom stereocenters. The number of rotatable bonds is 5. The quantitative estimate of drug-likeness (QED) is 0.817. The summed E-state index contributed by atoms with van der Waals surface area (Å²) in [5.41, 5.74) is 1.07. The Balaban J connectivity index is 2.05. The van der Waals surface area contributed by atoms with Gasteiger partial charge < -0.3 is 0 Å². The van der Waals surface area contributed by atoms with E-state index in [-0.39, 0.29) is 6.04 Å². The molecule has 2 rings (SSSR count). The average Bonchev–Trinajstić information content (AvgIpc) is 2.85. The van der Waals surface area contributed by atoms with Crippen LogP contribution in [0.25, 0.3) is 0 Å². The standard InChI is InChI=1S/C13H18BrNO2S2/c1-18-12-5-4-11(8-12)15-19(16,17)13-6-2-10(9-14)3-7-13/h2-3,6-7,11-12,15H,4-5,8-9H2,1H3. The summed E-state index contributed by atoms with van der Waals surface area (Å²) in [4.78, 5) is 0.352. The smallest absolute Gasteiger partial charge is 0.208 e. The van der Waals surface area contributed by atoms with E-state index in [0.29, 0.717) is 10.1 Å². The molecule has 0 bridgehead atoms. The predicted molar refractivity (Wildman–Crippen MR) is 84.3 cm³/mol. The van der Waals surface area contributed by atoms with Gasteiger partial charge in [0.2, 0.25) is 10.0 Å². The topological polar surface area (TPSA) is 46.2 Å². The van der Waals surface area contributed by atoms with Crippen molar-refractivity contribution in [3.05, 3.63) is 29.8 Å². The summed E-state index contributed by atoms with van der Waals surface area (Å²) in [7, 11) is -3.37. The number of thioether (sulfide) groups is 1. The van der Waals surface area contributed by atoms with Crippen LogP contribution in [0.15, 0.2) is 29.2 Å². The fourth-order valence-corrected chi connectivity index (χ4v) is 4.76. The Morgan fingerprint density at radius 2 is 2.00 bits per heavy atom. The Hall–Kier alpha value is -0.0400. The van der Waals surface area contributed by atoms with Crippen LogP contribution in [0.3, 0.4) is 0 Å². The van der Waals surface area contributed by atoms with Crippen LogP contribution < -0.4 is 4.72 Å². The van der Waals surface area contributed by atoms with E-state index >= 15 is 0 Å². The van der Waals surface area contributed by atoms with Gasteiger partial charge in [-0.25, -0.2) is 13.1 Å². The number of alkyl halides is 1. The van der Waals surface area contributed by atoms with Gasteiger partial charge in [0.1, 0.15) is 0 Å². The zero-order chi connectivity index (χ0) is 13.9. The molecule has 1 saturated carbocycles. The lowest BCUT2D eigenvalue weighted by atomic mass is 10.2. The number of benzene rings is 1. The molecular formula is C13H18BrNO2S2. The molecule has 1 N–H and O–H groups in total. The summed E-state index contributed by atoms with van der Waals surface area (Å²) in [6.45, 7) is 0. The van der Waals surface area contributed by atoms with Crippen molar-refractivity contribution in [1.82, 2.24) is 4.72 Å². The molecule has 0 saturated heterocycles. The Kier molecular flexibility index (Phi) is 5.34. The summed E-state index contributed by atoms with van der Waals surface area (Å²) in [6, 6.07) is 7.09. The highest BCUT2D eigenvalue weighted by molar-refractivity contribution is 9.08. The minimum atomic E-state index is -3.37. The highest BCUT2D eigenvalue weighted by atomic mass is 79.9. The highest BCUT2D eigenvalue weighted by Gasteiger charge is 2.28. The molecule has 106 valence electrons. The lowest BCUT2D eigenvalue weighted by Gasteiger charge is -2.13. The summed E-state index contributed by atoms with van der Waals surface area (Å²) in [5, 5.41) is 1.32.